The highest BCUT2D eigenvalue weighted by Crippen LogP contribution is 2.24. The van der Waals surface area contributed by atoms with E-state index in [1.54, 1.807) is 19.2 Å². The first-order valence-corrected chi connectivity index (χ1v) is 6.00. The van der Waals surface area contributed by atoms with Crippen molar-refractivity contribution in [2.24, 2.45) is 5.84 Å². The van der Waals surface area contributed by atoms with Crippen LogP contribution in [0.2, 0.25) is 0 Å². The second-order valence-corrected chi connectivity index (χ2v) is 4.28. The van der Waals surface area contributed by atoms with Gasteiger partial charge in [0.1, 0.15) is 5.56 Å². The summed E-state index contributed by atoms with van der Waals surface area (Å²) < 4.78 is 0. The molecule has 0 saturated heterocycles. The molecule has 1 amide bonds. The van der Waals surface area contributed by atoms with Gasteiger partial charge in [0.05, 0.1) is 16.8 Å². The number of nitrogens with zero attached hydrogens (tertiary/aromatic N) is 2. The summed E-state index contributed by atoms with van der Waals surface area (Å²) in [5.74, 6) is 4.66. The number of nitro groups is 1. The number of pyridine rings is 1. The minimum Gasteiger partial charge on any atom is -0.324 e. The van der Waals surface area contributed by atoms with Gasteiger partial charge in [0.2, 0.25) is 0 Å². The average Bonchev–Trinajstić information content (AvgIpc) is 2.48. The van der Waals surface area contributed by atoms with Crippen LogP contribution in [0.4, 0.5) is 17.1 Å². The zero-order valence-electron chi connectivity index (χ0n) is 11.2. The average molecular weight is 287 g/mol. The standard InChI is InChI=1S/C13H13N5O3/c1-8-4-5-15-7-11(8)16-13(19)10-6-9(17-14)2-3-12(10)18(20)21/h2-7,17H,14H2,1H3,(H,16,19). The number of carbonyl (C=O) groups is 1. The molecule has 2 aromatic rings. The minimum absolute atomic E-state index is 0.0845. The molecule has 0 aliphatic rings. The van der Waals surface area contributed by atoms with Gasteiger partial charge in [-0.25, -0.2) is 0 Å². The molecule has 0 saturated carbocycles. The number of anilines is 2. The lowest BCUT2D eigenvalue weighted by atomic mass is 10.1. The van der Waals surface area contributed by atoms with E-state index in [9.17, 15) is 14.9 Å². The molecule has 0 bridgehead atoms. The number of nitrogens with two attached hydrogens (primary N) is 1. The molecule has 1 aromatic heterocycles. The molecule has 1 aromatic carbocycles. The van der Waals surface area contributed by atoms with E-state index in [2.05, 4.69) is 15.7 Å². The van der Waals surface area contributed by atoms with Gasteiger partial charge in [-0.1, -0.05) is 0 Å². The fraction of sp³-hybridized carbons (Fsp3) is 0.0769. The van der Waals surface area contributed by atoms with E-state index in [0.29, 0.717) is 11.4 Å². The third kappa shape index (κ3) is 3.12. The molecule has 4 N–H and O–H groups in total. The summed E-state index contributed by atoms with van der Waals surface area (Å²) in [5, 5.41) is 13.6. The third-order valence-electron chi connectivity index (χ3n) is 2.89. The summed E-state index contributed by atoms with van der Waals surface area (Å²) in [5.41, 5.74) is 3.65. The molecule has 0 spiro atoms. The molecule has 108 valence electrons. The van der Waals surface area contributed by atoms with E-state index >= 15 is 0 Å². The van der Waals surface area contributed by atoms with Crippen LogP contribution < -0.4 is 16.6 Å². The fourth-order valence-corrected chi connectivity index (χ4v) is 1.75. The Kier molecular flexibility index (Phi) is 4.10. The molecule has 2 rings (SSSR count). The molecule has 0 aliphatic heterocycles. The highest BCUT2D eigenvalue weighted by atomic mass is 16.6. The summed E-state index contributed by atoms with van der Waals surface area (Å²) in [6.45, 7) is 1.80. The van der Waals surface area contributed by atoms with Crippen molar-refractivity contribution in [3.05, 3.63) is 57.9 Å². The molecule has 8 heteroatoms. The first kappa shape index (κ1) is 14.4. The van der Waals surface area contributed by atoms with Crippen LogP contribution in [0.1, 0.15) is 15.9 Å². The maximum atomic E-state index is 12.2. The second-order valence-electron chi connectivity index (χ2n) is 4.28. The summed E-state index contributed by atoms with van der Waals surface area (Å²) >= 11 is 0. The summed E-state index contributed by atoms with van der Waals surface area (Å²) in [7, 11) is 0. The molecule has 0 fully saturated rings. The van der Waals surface area contributed by atoms with E-state index < -0.39 is 10.8 Å². The first-order valence-electron chi connectivity index (χ1n) is 6.00. The Morgan fingerprint density at radius 2 is 2.14 bits per heavy atom. The van der Waals surface area contributed by atoms with E-state index in [1.165, 1.54) is 24.4 Å². The number of aryl methyl sites for hydroxylation is 1. The third-order valence-corrected chi connectivity index (χ3v) is 2.89. The van der Waals surface area contributed by atoms with Gasteiger partial charge in [0.25, 0.3) is 11.6 Å². The van der Waals surface area contributed by atoms with E-state index in [4.69, 9.17) is 5.84 Å². The zero-order chi connectivity index (χ0) is 15.4. The van der Waals surface area contributed by atoms with Crippen LogP contribution in [0, 0.1) is 17.0 Å². The van der Waals surface area contributed by atoms with Crippen LogP contribution in [0.15, 0.2) is 36.7 Å². The summed E-state index contributed by atoms with van der Waals surface area (Å²) in [6, 6.07) is 5.69. The number of hydrogen-bond acceptors (Lipinski definition) is 6. The van der Waals surface area contributed by atoms with Crippen molar-refractivity contribution in [3.63, 3.8) is 0 Å². The number of nitro benzene ring substituents is 1. The maximum Gasteiger partial charge on any atom is 0.282 e. The topological polar surface area (TPSA) is 123 Å². The normalized spacial score (nSPS) is 10.0. The summed E-state index contributed by atoms with van der Waals surface area (Å²) in [6.07, 6.45) is 3.07. The van der Waals surface area contributed by atoms with Crippen molar-refractivity contribution in [2.45, 2.75) is 6.92 Å². The van der Waals surface area contributed by atoms with Crippen LogP contribution in [-0.4, -0.2) is 15.8 Å². The van der Waals surface area contributed by atoms with Crippen LogP contribution in [0.3, 0.4) is 0 Å². The van der Waals surface area contributed by atoms with Crippen LogP contribution >= 0.6 is 0 Å². The zero-order valence-corrected chi connectivity index (χ0v) is 11.2. The molecule has 0 radical (unpaired) electrons. The van der Waals surface area contributed by atoms with Gasteiger partial charge >= 0.3 is 0 Å². The number of hydrazine groups is 1. The lowest BCUT2D eigenvalue weighted by Gasteiger charge is -2.09. The Morgan fingerprint density at radius 1 is 1.38 bits per heavy atom. The lowest BCUT2D eigenvalue weighted by Crippen LogP contribution is -2.16. The first-order chi connectivity index (χ1) is 10.0. The SMILES string of the molecule is Cc1ccncc1NC(=O)c1cc(NN)ccc1[N+](=O)[O-]. The number of hydrogen-bond donors (Lipinski definition) is 3. The molecule has 21 heavy (non-hydrogen) atoms. The van der Waals surface area contributed by atoms with Gasteiger partial charge in [0.15, 0.2) is 0 Å². The molecule has 1 heterocycles. The number of rotatable bonds is 4. The van der Waals surface area contributed by atoms with Crippen molar-refractivity contribution < 1.29 is 9.72 Å². The quantitative estimate of drug-likeness (QED) is 0.448. The Balaban J connectivity index is 2.38. The van der Waals surface area contributed by atoms with Crippen molar-refractivity contribution >= 4 is 23.0 Å². The predicted molar refractivity (Wildman–Crippen MR) is 77.8 cm³/mol. The largest absolute Gasteiger partial charge is 0.324 e. The van der Waals surface area contributed by atoms with E-state index in [0.717, 1.165) is 5.56 Å². The Labute approximate surface area is 120 Å². The second kappa shape index (κ2) is 5.97. The van der Waals surface area contributed by atoms with E-state index in [-0.39, 0.29) is 11.3 Å². The van der Waals surface area contributed by atoms with Gasteiger partial charge in [0, 0.05) is 18.0 Å². The molecule has 0 unspecified atom stereocenters. The monoisotopic (exact) mass is 287 g/mol. The van der Waals surface area contributed by atoms with Gasteiger partial charge in [-0.2, -0.15) is 0 Å². The predicted octanol–water partition coefficient (Wildman–Crippen LogP) is 1.84. The van der Waals surface area contributed by atoms with Gasteiger partial charge in [-0.15, -0.1) is 0 Å². The molecule has 0 aliphatic carbocycles. The van der Waals surface area contributed by atoms with Crippen molar-refractivity contribution in [3.8, 4) is 0 Å². The van der Waals surface area contributed by atoms with Gasteiger partial charge in [-0.3, -0.25) is 25.7 Å². The number of nitrogens with one attached hydrogen (secondary N) is 2. The number of amides is 1. The molecular formula is C13H13N5O3. The van der Waals surface area contributed by atoms with Crippen LogP contribution in [-0.2, 0) is 0 Å². The Hall–Kier alpha value is -3.00. The van der Waals surface area contributed by atoms with Gasteiger partial charge < -0.3 is 10.7 Å². The number of aromatic nitrogens is 1. The fourth-order valence-electron chi connectivity index (χ4n) is 1.75. The minimum atomic E-state index is -0.620. The van der Waals surface area contributed by atoms with Crippen molar-refractivity contribution in [1.82, 2.24) is 4.98 Å². The van der Waals surface area contributed by atoms with Crippen molar-refractivity contribution in [1.29, 1.82) is 0 Å². The molecule has 8 nitrogen and oxygen atoms in total. The lowest BCUT2D eigenvalue weighted by molar-refractivity contribution is -0.385. The number of carbonyl (C=O) groups excluding carboxylic acids is 1. The van der Waals surface area contributed by atoms with E-state index in [1.807, 2.05) is 0 Å². The van der Waals surface area contributed by atoms with Crippen LogP contribution in [0.25, 0.3) is 0 Å². The Bertz CT molecular complexity index is 702. The molecule has 0 atom stereocenters. The smallest absolute Gasteiger partial charge is 0.282 e. The van der Waals surface area contributed by atoms with Crippen molar-refractivity contribution in [2.75, 3.05) is 10.7 Å². The number of nitrogen functional groups attached to an aromatic ring is 1. The molecular weight excluding hydrogens is 274 g/mol. The summed E-state index contributed by atoms with van der Waals surface area (Å²) in [4.78, 5) is 26.5. The van der Waals surface area contributed by atoms with Gasteiger partial charge in [-0.05, 0) is 30.7 Å². The highest BCUT2D eigenvalue weighted by Gasteiger charge is 2.21. The number of benzene rings is 1. The maximum absolute atomic E-state index is 12.2. The van der Waals surface area contributed by atoms with Crippen LogP contribution in [0.5, 0.6) is 0 Å². The Morgan fingerprint density at radius 3 is 2.76 bits per heavy atom. The highest BCUT2D eigenvalue weighted by molar-refractivity contribution is 6.07.